The van der Waals surface area contributed by atoms with Gasteiger partial charge in [-0.05, 0) is 31.9 Å². The second-order valence-corrected chi connectivity index (χ2v) is 3.23. The zero-order chi connectivity index (χ0) is 9.72. The quantitative estimate of drug-likeness (QED) is 0.574. The second kappa shape index (κ2) is 5.00. The van der Waals surface area contributed by atoms with Gasteiger partial charge in [0.05, 0.1) is 0 Å². The third kappa shape index (κ3) is 3.59. The van der Waals surface area contributed by atoms with Gasteiger partial charge in [-0.1, -0.05) is 42.5 Å². The van der Waals surface area contributed by atoms with E-state index in [9.17, 15) is 0 Å². The number of rotatable bonds is 3. The first-order chi connectivity index (χ1) is 5.49. The van der Waals surface area contributed by atoms with Crippen molar-refractivity contribution < 1.29 is 0 Å². The van der Waals surface area contributed by atoms with Crippen LogP contribution in [0, 0.1) is 0 Å². The van der Waals surface area contributed by atoms with Crippen molar-refractivity contribution >= 4 is 11.6 Å². The normalized spacial score (nSPS) is 13.0. The minimum Gasteiger partial charge on any atom is -0.0955 e. The molecule has 0 atom stereocenters. The van der Waals surface area contributed by atoms with Crippen molar-refractivity contribution in [2.75, 3.05) is 0 Å². The topological polar surface area (TPSA) is 0 Å². The molecule has 0 saturated heterocycles. The largest absolute Gasteiger partial charge is 0.0955 e. The first kappa shape index (κ1) is 11.2. The fourth-order valence-corrected chi connectivity index (χ4v) is 0.960. The molecule has 0 rings (SSSR count). The molecule has 0 aliphatic heterocycles. The van der Waals surface area contributed by atoms with Gasteiger partial charge < -0.3 is 0 Å². The van der Waals surface area contributed by atoms with Crippen molar-refractivity contribution in [2.45, 2.75) is 20.8 Å². The van der Waals surface area contributed by atoms with Gasteiger partial charge in [0.15, 0.2) is 0 Å². The molecule has 0 fully saturated rings. The molecule has 1 heteroatoms. The van der Waals surface area contributed by atoms with E-state index in [1.54, 1.807) is 0 Å². The van der Waals surface area contributed by atoms with Crippen molar-refractivity contribution in [3.05, 3.63) is 47.1 Å². The average Bonchev–Trinajstić information content (AvgIpc) is 1.98. The zero-order valence-corrected chi connectivity index (χ0v) is 8.70. The summed E-state index contributed by atoms with van der Waals surface area (Å²) in [6.07, 6.45) is 4.00. The average molecular weight is 183 g/mol. The Hall–Kier alpha value is -0.750. The molecular formula is C11H15Cl. The highest BCUT2D eigenvalue weighted by atomic mass is 35.5. The van der Waals surface area contributed by atoms with E-state index in [0.29, 0.717) is 5.03 Å². The molecular weight excluding hydrogens is 168 g/mol. The van der Waals surface area contributed by atoms with Crippen molar-refractivity contribution in [1.82, 2.24) is 0 Å². The molecule has 0 radical (unpaired) electrons. The Morgan fingerprint density at radius 3 is 2.00 bits per heavy atom. The molecule has 0 aliphatic carbocycles. The van der Waals surface area contributed by atoms with E-state index in [-0.39, 0.29) is 0 Å². The zero-order valence-electron chi connectivity index (χ0n) is 7.95. The molecule has 0 spiro atoms. The Bertz CT molecular complexity index is 238. The highest BCUT2D eigenvalue weighted by Crippen LogP contribution is 2.21. The van der Waals surface area contributed by atoms with Crippen LogP contribution >= 0.6 is 11.6 Å². The first-order valence-electron chi connectivity index (χ1n) is 3.84. The van der Waals surface area contributed by atoms with Gasteiger partial charge in [0, 0.05) is 5.03 Å². The molecule has 0 N–H and O–H groups in total. The lowest BCUT2D eigenvalue weighted by atomic mass is 10.1. The minimum atomic E-state index is 0.545. The number of allylic oxidation sites excluding steroid dienone is 6. The lowest BCUT2D eigenvalue weighted by Gasteiger charge is -2.03. The molecule has 0 aromatic carbocycles. The molecule has 0 amide bonds. The van der Waals surface area contributed by atoms with Crippen molar-refractivity contribution in [1.29, 1.82) is 0 Å². The minimum absolute atomic E-state index is 0.545. The summed E-state index contributed by atoms with van der Waals surface area (Å²) in [4.78, 5) is 0. The van der Waals surface area contributed by atoms with E-state index >= 15 is 0 Å². The lowest BCUT2D eigenvalue weighted by Crippen LogP contribution is -1.84. The van der Waals surface area contributed by atoms with Gasteiger partial charge in [-0.25, -0.2) is 0 Å². The Balaban J connectivity index is 4.87. The van der Waals surface area contributed by atoms with E-state index < -0.39 is 0 Å². The van der Waals surface area contributed by atoms with E-state index in [2.05, 4.69) is 13.2 Å². The Morgan fingerprint density at radius 1 is 1.25 bits per heavy atom. The van der Waals surface area contributed by atoms with Crippen LogP contribution in [-0.4, -0.2) is 0 Å². The number of halogens is 1. The standard InChI is InChI=1S/C11H15Cl/c1-6-9(4)7-11(8(2)3)10(5)12/h6-7H,2,5H2,1,3-4H3/b9-6-,11-7+. The molecule has 66 valence electrons. The third-order valence-corrected chi connectivity index (χ3v) is 1.78. The molecule has 0 aromatic heterocycles. The molecule has 12 heavy (non-hydrogen) atoms. The predicted octanol–water partition coefficient (Wildman–Crippen LogP) is 4.21. The molecule has 0 bridgehead atoms. The van der Waals surface area contributed by atoms with Gasteiger partial charge in [0.2, 0.25) is 0 Å². The van der Waals surface area contributed by atoms with Gasteiger partial charge in [-0.2, -0.15) is 0 Å². The van der Waals surface area contributed by atoms with Gasteiger partial charge >= 0.3 is 0 Å². The van der Waals surface area contributed by atoms with Crippen LogP contribution in [0.25, 0.3) is 0 Å². The predicted molar refractivity (Wildman–Crippen MR) is 57.3 cm³/mol. The SMILES string of the molecule is C=C(C)/C(=C\C(C)=C/C)C(=C)Cl. The summed E-state index contributed by atoms with van der Waals surface area (Å²) in [6.45, 7) is 13.4. The van der Waals surface area contributed by atoms with Crippen LogP contribution in [0.3, 0.4) is 0 Å². The Morgan fingerprint density at radius 2 is 1.75 bits per heavy atom. The lowest BCUT2D eigenvalue weighted by molar-refractivity contribution is 1.38. The van der Waals surface area contributed by atoms with Gasteiger partial charge in [0.1, 0.15) is 0 Å². The summed E-state index contributed by atoms with van der Waals surface area (Å²) in [5, 5.41) is 0.545. The number of hydrogen-bond donors (Lipinski definition) is 0. The molecule has 0 saturated carbocycles. The molecule has 0 nitrogen and oxygen atoms in total. The second-order valence-electron chi connectivity index (χ2n) is 2.78. The summed E-state index contributed by atoms with van der Waals surface area (Å²) >= 11 is 5.79. The maximum Gasteiger partial charge on any atom is 0.0409 e. The summed E-state index contributed by atoms with van der Waals surface area (Å²) < 4.78 is 0. The Labute approximate surface area is 79.9 Å². The maximum atomic E-state index is 5.79. The van der Waals surface area contributed by atoms with Crippen LogP contribution in [0.1, 0.15) is 20.8 Å². The van der Waals surface area contributed by atoms with Crippen LogP contribution in [0.4, 0.5) is 0 Å². The fourth-order valence-electron chi connectivity index (χ4n) is 0.744. The van der Waals surface area contributed by atoms with E-state index in [1.165, 1.54) is 0 Å². The molecule has 0 aromatic rings. The van der Waals surface area contributed by atoms with Gasteiger partial charge in [-0.3, -0.25) is 0 Å². The summed E-state index contributed by atoms with van der Waals surface area (Å²) in [6, 6.07) is 0. The monoisotopic (exact) mass is 182 g/mol. The third-order valence-electron chi connectivity index (χ3n) is 1.58. The summed E-state index contributed by atoms with van der Waals surface area (Å²) in [7, 11) is 0. The first-order valence-corrected chi connectivity index (χ1v) is 4.22. The van der Waals surface area contributed by atoms with Crippen LogP contribution in [0.2, 0.25) is 0 Å². The van der Waals surface area contributed by atoms with Gasteiger partial charge in [0.25, 0.3) is 0 Å². The summed E-state index contributed by atoms with van der Waals surface area (Å²) in [5.74, 6) is 0. The van der Waals surface area contributed by atoms with E-state index in [1.807, 2.05) is 32.9 Å². The van der Waals surface area contributed by atoms with Gasteiger partial charge in [-0.15, -0.1) is 0 Å². The molecule has 0 heterocycles. The number of hydrogen-bond acceptors (Lipinski definition) is 0. The van der Waals surface area contributed by atoms with Crippen LogP contribution in [0.15, 0.2) is 47.1 Å². The van der Waals surface area contributed by atoms with E-state index in [4.69, 9.17) is 11.6 Å². The highest BCUT2D eigenvalue weighted by Gasteiger charge is 1.99. The molecule has 0 aliphatic rings. The van der Waals surface area contributed by atoms with Crippen LogP contribution in [0.5, 0.6) is 0 Å². The highest BCUT2D eigenvalue weighted by molar-refractivity contribution is 6.32. The molecule has 0 unspecified atom stereocenters. The fraction of sp³-hybridized carbons (Fsp3) is 0.273. The van der Waals surface area contributed by atoms with Crippen molar-refractivity contribution in [3.63, 3.8) is 0 Å². The van der Waals surface area contributed by atoms with Crippen LogP contribution < -0.4 is 0 Å². The van der Waals surface area contributed by atoms with Crippen molar-refractivity contribution in [2.24, 2.45) is 0 Å². The maximum absolute atomic E-state index is 5.79. The summed E-state index contributed by atoms with van der Waals surface area (Å²) in [5.41, 5.74) is 3.03. The van der Waals surface area contributed by atoms with E-state index in [0.717, 1.165) is 16.7 Å². The van der Waals surface area contributed by atoms with Crippen molar-refractivity contribution in [3.8, 4) is 0 Å². The smallest absolute Gasteiger partial charge is 0.0409 e. The Kier molecular flexibility index (Phi) is 4.68. The van der Waals surface area contributed by atoms with Crippen LogP contribution in [-0.2, 0) is 0 Å².